The fourth-order valence-electron chi connectivity index (χ4n) is 8.34. The van der Waals surface area contributed by atoms with E-state index in [1.54, 1.807) is 0 Å². The van der Waals surface area contributed by atoms with Crippen molar-refractivity contribution < 1.29 is 9.90 Å². The smallest absolute Gasteiger partial charge is 0.160 e. The lowest BCUT2D eigenvalue weighted by atomic mass is 9.44. The molecule has 0 unspecified atom stereocenters. The van der Waals surface area contributed by atoms with Crippen LogP contribution in [-0.4, -0.2) is 23.5 Å². The van der Waals surface area contributed by atoms with Gasteiger partial charge in [-0.3, -0.25) is 4.79 Å². The lowest BCUT2D eigenvalue weighted by Crippen LogP contribution is -2.56. The Hall–Kier alpha value is -1.61. The third-order valence-corrected chi connectivity index (χ3v) is 10.5. The van der Waals surface area contributed by atoms with Crippen molar-refractivity contribution in [1.82, 2.24) is 0 Å². The number of para-hydroxylation sites is 1. The molecule has 31 heavy (non-hydrogen) atoms. The van der Waals surface area contributed by atoms with Crippen molar-refractivity contribution >= 4 is 11.5 Å². The maximum absolute atomic E-state index is 13.1. The normalized spacial score (nSPS) is 45.7. The first-order valence-corrected chi connectivity index (χ1v) is 12.4. The maximum atomic E-state index is 13.1. The van der Waals surface area contributed by atoms with Crippen LogP contribution < -0.4 is 4.90 Å². The minimum Gasteiger partial charge on any atom is -0.390 e. The summed E-state index contributed by atoms with van der Waals surface area (Å²) in [6.45, 7) is 6.94. The summed E-state index contributed by atoms with van der Waals surface area (Å²) in [4.78, 5) is 15.2. The molecule has 7 atom stereocenters. The second-order valence-corrected chi connectivity index (χ2v) is 11.8. The molecule has 0 aliphatic heterocycles. The van der Waals surface area contributed by atoms with Crippen molar-refractivity contribution in [3.63, 3.8) is 0 Å². The van der Waals surface area contributed by atoms with Crippen molar-refractivity contribution in [2.45, 2.75) is 77.7 Å². The van der Waals surface area contributed by atoms with Gasteiger partial charge in [0, 0.05) is 30.9 Å². The standard InChI is InChI=1S/C28H39NO2/c1-26-17-19(18-29(4)21-8-6-5-7-9-21)25(30)16-20(26)10-11-22-23(26)12-14-27(2)24(22)13-15-28(27,3)31/h5-9,18,20,22-24,31H,10-17H2,1-4H3/b19-18+/t20-,22+,23-,24-,26-,27-,28+/m0/s1. The molecule has 0 aromatic heterocycles. The van der Waals surface area contributed by atoms with Gasteiger partial charge in [-0.05, 0) is 98.5 Å². The Kier molecular flexibility index (Phi) is 4.93. The van der Waals surface area contributed by atoms with Gasteiger partial charge in [-0.15, -0.1) is 0 Å². The monoisotopic (exact) mass is 421 g/mol. The number of Topliss-reactive ketones (excluding diaryl/α,β-unsaturated/α-hetero) is 1. The van der Waals surface area contributed by atoms with Crippen molar-refractivity contribution in [3.05, 3.63) is 42.1 Å². The number of hydrogen-bond donors (Lipinski definition) is 1. The van der Waals surface area contributed by atoms with Gasteiger partial charge in [-0.1, -0.05) is 32.0 Å². The average Bonchev–Trinajstić information content (AvgIpc) is 2.99. The Morgan fingerprint density at radius 3 is 2.45 bits per heavy atom. The van der Waals surface area contributed by atoms with Crippen LogP contribution in [0, 0.1) is 34.5 Å². The van der Waals surface area contributed by atoms with Gasteiger partial charge in [0.05, 0.1) is 5.60 Å². The predicted molar refractivity (Wildman–Crippen MR) is 126 cm³/mol. The van der Waals surface area contributed by atoms with E-state index in [0.29, 0.717) is 35.9 Å². The summed E-state index contributed by atoms with van der Waals surface area (Å²) in [7, 11) is 2.06. The average molecular weight is 422 g/mol. The molecule has 0 spiro atoms. The molecular formula is C28H39NO2. The van der Waals surface area contributed by atoms with Gasteiger partial charge >= 0.3 is 0 Å². The minimum atomic E-state index is -0.521. The highest BCUT2D eigenvalue weighted by molar-refractivity contribution is 5.97. The van der Waals surface area contributed by atoms with Crippen LogP contribution in [0.1, 0.15) is 72.1 Å². The second kappa shape index (κ2) is 7.20. The zero-order chi connectivity index (χ0) is 22.0. The highest BCUT2D eigenvalue weighted by Crippen LogP contribution is 2.68. The summed E-state index contributed by atoms with van der Waals surface area (Å²) in [6, 6.07) is 10.3. The van der Waals surface area contributed by atoms with Crippen LogP contribution in [0.3, 0.4) is 0 Å². The number of aliphatic hydroxyl groups is 1. The van der Waals surface area contributed by atoms with Crippen LogP contribution in [-0.2, 0) is 4.79 Å². The molecule has 1 N–H and O–H groups in total. The largest absolute Gasteiger partial charge is 0.390 e. The van der Waals surface area contributed by atoms with Crippen LogP contribution in [0.5, 0.6) is 0 Å². The van der Waals surface area contributed by atoms with E-state index in [9.17, 15) is 9.90 Å². The van der Waals surface area contributed by atoms with Gasteiger partial charge in [0.25, 0.3) is 0 Å². The lowest BCUT2D eigenvalue weighted by molar-refractivity contribution is -0.147. The molecule has 0 saturated heterocycles. The van der Waals surface area contributed by atoms with Crippen LogP contribution in [0.25, 0.3) is 0 Å². The molecule has 4 aliphatic carbocycles. The summed E-state index contributed by atoms with van der Waals surface area (Å²) in [5, 5.41) is 11.2. The zero-order valence-corrected chi connectivity index (χ0v) is 19.7. The van der Waals surface area contributed by atoms with Gasteiger partial charge in [-0.2, -0.15) is 0 Å². The summed E-state index contributed by atoms with van der Waals surface area (Å²) < 4.78 is 0. The number of ketones is 1. The molecule has 5 rings (SSSR count). The van der Waals surface area contributed by atoms with Gasteiger partial charge in [0.15, 0.2) is 5.78 Å². The second-order valence-electron chi connectivity index (χ2n) is 11.8. The molecule has 4 fully saturated rings. The van der Waals surface area contributed by atoms with Gasteiger partial charge in [-0.25, -0.2) is 0 Å². The van der Waals surface area contributed by atoms with Crippen molar-refractivity contribution in [1.29, 1.82) is 0 Å². The van der Waals surface area contributed by atoms with Gasteiger partial charge in [0.2, 0.25) is 0 Å². The Morgan fingerprint density at radius 2 is 1.71 bits per heavy atom. The van der Waals surface area contributed by atoms with E-state index in [0.717, 1.165) is 30.5 Å². The molecule has 0 bridgehead atoms. The summed E-state index contributed by atoms with van der Waals surface area (Å²) >= 11 is 0. The number of carbonyl (C=O) groups excluding carboxylic acids is 1. The van der Waals surface area contributed by atoms with Crippen LogP contribution in [0.2, 0.25) is 0 Å². The van der Waals surface area contributed by atoms with Crippen LogP contribution >= 0.6 is 0 Å². The highest BCUT2D eigenvalue weighted by atomic mass is 16.3. The quantitative estimate of drug-likeness (QED) is 0.597. The Balaban J connectivity index is 1.43. The Labute approximate surface area is 187 Å². The molecule has 3 heteroatoms. The topological polar surface area (TPSA) is 40.5 Å². The molecular weight excluding hydrogens is 382 g/mol. The van der Waals surface area contributed by atoms with Gasteiger partial charge in [0.1, 0.15) is 0 Å². The van der Waals surface area contributed by atoms with E-state index in [1.807, 2.05) is 18.2 Å². The van der Waals surface area contributed by atoms with Crippen molar-refractivity contribution in [2.75, 3.05) is 11.9 Å². The van der Waals surface area contributed by atoms with Gasteiger partial charge < -0.3 is 10.0 Å². The van der Waals surface area contributed by atoms with Crippen molar-refractivity contribution in [2.24, 2.45) is 34.5 Å². The van der Waals surface area contributed by atoms with E-state index < -0.39 is 5.60 Å². The number of benzene rings is 1. The molecule has 4 saturated carbocycles. The lowest BCUT2D eigenvalue weighted by Gasteiger charge is -2.61. The first-order valence-electron chi connectivity index (χ1n) is 12.4. The first-order chi connectivity index (χ1) is 14.7. The molecule has 3 nitrogen and oxygen atoms in total. The highest BCUT2D eigenvalue weighted by Gasteiger charge is 2.63. The first kappa shape index (κ1) is 21.2. The molecule has 0 amide bonds. The number of rotatable bonds is 2. The number of hydrogen-bond acceptors (Lipinski definition) is 3. The SMILES string of the molecule is CN(/C=C1\C[C@@]2(C)[C@@H](CC[C@@H]3[C@@H]2CC[C@@]2(C)[C@H]3CC[C@@]2(C)O)CC1=O)c1ccccc1. The number of fused-ring (bicyclic) bond motifs is 5. The summed E-state index contributed by atoms with van der Waals surface area (Å²) in [5.41, 5.74) is 1.88. The third kappa shape index (κ3) is 3.14. The Morgan fingerprint density at radius 1 is 1.00 bits per heavy atom. The number of allylic oxidation sites excluding steroid dienone is 1. The number of carbonyl (C=O) groups is 1. The maximum Gasteiger partial charge on any atom is 0.160 e. The van der Waals surface area contributed by atoms with E-state index >= 15 is 0 Å². The molecule has 168 valence electrons. The predicted octanol–water partition coefficient (Wildman–Crippen LogP) is 5.98. The zero-order valence-electron chi connectivity index (χ0n) is 19.7. The molecule has 1 aromatic rings. The fourth-order valence-corrected chi connectivity index (χ4v) is 8.34. The third-order valence-electron chi connectivity index (χ3n) is 10.5. The number of nitrogens with zero attached hydrogens (tertiary/aromatic N) is 1. The molecule has 1 aromatic carbocycles. The van der Waals surface area contributed by atoms with E-state index in [1.165, 1.54) is 25.7 Å². The number of anilines is 1. The van der Waals surface area contributed by atoms with E-state index in [4.69, 9.17) is 0 Å². The Bertz CT molecular complexity index is 890. The van der Waals surface area contributed by atoms with E-state index in [2.05, 4.69) is 51.1 Å². The minimum absolute atomic E-state index is 0.0635. The molecule has 4 aliphatic rings. The fraction of sp³-hybridized carbons (Fsp3) is 0.679. The molecule has 0 radical (unpaired) electrons. The van der Waals surface area contributed by atoms with Crippen LogP contribution in [0.15, 0.2) is 42.1 Å². The summed E-state index contributed by atoms with van der Waals surface area (Å²) in [5.74, 6) is 2.89. The van der Waals surface area contributed by atoms with Crippen LogP contribution in [0.4, 0.5) is 5.69 Å². The van der Waals surface area contributed by atoms with E-state index in [-0.39, 0.29) is 10.8 Å². The van der Waals surface area contributed by atoms with Crippen molar-refractivity contribution in [3.8, 4) is 0 Å². The molecule has 0 heterocycles. The summed E-state index contributed by atoms with van der Waals surface area (Å²) in [6.07, 6.45) is 10.6.